The molecule has 2 aromatic carbocycles. The van der Waals surface area contributed by atoms with Crippen molar-refractivity contribution in [3.8, 4) is 11.5 Å². The molecule has 4 nitrogen and oxygen atoms in total. The van der Waals surface area contributed by atoms with Gasteiger partial charge >= 0.3 is 0 Å². The van der Waals surface area contributed by atoms with Crippen LogP contribution in [0.5, 0.6) is 11.5 Å². The van der Waals surface area contributed by atoms with Crippen LogP contribution >= 0.6 is 0 Å². The zero-order chi connectivity index (χ0) is 17.7. The van der Waals surface area contributed by atoms with Crippen molar-refractivity contribution in [3.63, 3.8) is 0 Å². The predicted molar refractivity (Wildman–Crippen MR) is 96.0 cm³/mol. The Labute approximate surface area is 143 Å². The predicted octanol–water partition coefficient (Wildman–Crippen LogP) is 4.07. The number of carbonyl (C=O) groups is 1. The van der Waals surface area contributed by atoms with Gasteiger partial charge in [-0.15, -0.1) is 0 Å². The summed E-state index contributed by atoms with van der Waals surface area (Å²) in [6, 6.07) is 11.5. The maximum atomic E-state index is 12.6. The van der Waals surface area contributed by atoms with Crippen molar-refractivity contribution in [1.29, 1.82) is 0 Å². The molecule has 0 aliphatic carbocycles. The minimum atomic E-state index is -0.0945. The lowest BCUT2D eigenvalue weighted by atomic mass is 9.96. The topological polar surface area (TPSA) is 47.6 Å². The van der Waals surface area contributed by atoms with Gasteiger partial charge in [0.2, 0.25) is 0 Å². The van der Waals surface area contributed by atoms with Gasteiger partial charge in [0, 0.05) is 17.7 Å². The summed E-state index contributed by atoms with van der Waals surface area (Å²) in [5.74, 6) is 1.78. The monoisotopic (exact) mass is 327 g/mol. The lowest BCUT2D eigenvalue weighted by molar-refractivity contribution is 0.0950. The number of nitrogens with one attached hydrogen (secondary N) is 1. The molecule has 0 radical (unpaired) electrons. The Morgan fingerprint density at radius 3 is 2.38 bits per heavy atom. The Morgan fingerprint density at radius 1 is 1.08 bits per heavy atom. The first-order valence-electron chi connectivity index (χ1n) is 8.06. The van der Waals surface area contributed by atoms with Crippen LogP contribution < -0.4 is 14.8 Å². The average molecular weight is 327 g/mol. The zero-order valence-electron chi connectivity index (χ0n) is 15.0. The number of amides is 1. The van der Waals surface area contributed by atoms with Gasteiger partial charge in [-0.25, -0.2) is 0 Å². The molecule has 2 aromatic rings. The lowest BCUT2D eigenvalue weighted by Crippen LogP contribution is -2.24. The molecule has 4 heteroatoms. The van der Waals surface area contributed by atoms with Gasteiger partial charge in [-0.2, -0.15) is 0 Å². The maximum absolute atomic E-state index is 12.6. The van der Waals surface area contributed by atoms with Gasteiger partial charge in [0.05, 0.1) is 14.2 Å². The number of rotatable bonds is 6. The van der Waals surface area contributed by atoms with E-state index in [-0.39, 0.29) is 11.8 Å². The highest BCUT2D eigenvalue weighted by molar-refractivity contribution is 5.96. The highest BCUT2D eigenvalue weighted by atomic mass is 16.5. The molecular formula is C20H25NO3. The Bertz CT molecular complexity index is 723. The molecule has 0 atom stereocenters. The Morgan fingerprint density at radius 2 is 1.75 bits per heavy atom. The largest absolute Gasteiger partial charge is 0.496 e. The summed E-state index contributed by atoms with van der Waals surface area (Å²) in [4.78, 5) is 12.6. The zero-order valence-corrected chi connectivity index (χ0v) is 15.0. The van der Waals surface area contributed by atoms with Crippen LogP contribution in [-0.2, 0) is 6.54 Å². The molecule has 0 bridgehead atoms. The van der Waals surface area contributed by atoms with E-state index in [1.165, 1.54) is 0 Å². The summed E-state index contributed by atoms with van der Waals surface area (Å²) in [6.45, 7) is 6.52. The first-order chi connectivity index (χ1) is 11.5. The molecule has 1 amide bonds. The SMILES string of the molecule is COc1ccccc1CNC(=O)c1cc(C(C)C)c(OC)cc1C. The Kier molecular flexibility index (Phi) is 5.85. The van der Waals surface area contributed by atoms with Crippen LogP contribution in [0.25, 0.3) is 0 Å². The number of methoxy groups -OCH3 is 2. The highest BCUT2D eigenvalue weighted by Gasteiger charge is 2.16. The summed E-state index contributed by atoms with van der Waals surface area (Å²) in [5, 5.41) is 2.97. The number of para-hydroxylation sites is 1. The maximum Gasteiger partial charge on any atom is 0.251 e. The van der Waals surface area contributed by atoms with E-state index in [0.717, 1.165) is 28.2 Å². The van der Waals surface area contributed by atoms with Crippen molar-refractivity contribution in [1.82, 2.24) is 5.32 Å². The minimum absolute atomic E-state index is 0.0945. The van der Waals surface area contributed by atoms with Gasteiger partial charge < -0.3 is 14.8 Å². The molecule has 0 unspecified atom stereocenters. The molecule has 0 saturated heterocycles. The molecule has 1 N–H and O–H groups in total. The van der Waals surface area contributed by atoms with E-state index in [1.807, 2.05) is 43.3 Å². The molecule has 2 rings (SSSR count). The van der Waals surface area contributed by atoms with Crippen molar-refractivity contribution in [2.24, 2.45) is 0 Å². The van der Waals surface area contributed by atoms with E-state index in [1.54, 1.807) is 14.2 Å². The number of aryl methyl sites for hydroxylation is 1. The summed E-state index contributed by atoms with van der Waals surface area (Å²) in [5.41, 5.74) is 3.55. The van der Waals surface area contributed by atoms with Crippen LogP contribution in [0.3, 0.4) is 0 Å². The van der Waals surface area contributed by atoms with Crippen molar-refractivity contribution in [2.45, 2.75) is 33.2 Å². The smallest absolute Gasteiger partial charge is 0.251 e. The van der Waals surface area contributed by atoms with Crippen LogP contribution in [0.4, 0.5) is 0 Å². The molecular weight excluding hydrogens is 302 g/mol. The standard InChI is InChI=1S/C20H25NO3/c1-13(2)16-11-17(14(3)10-19(16)24-5)20(22)21-12-15-8-6-7-9-18(15)23-4/h6-11,13H,12H2,1-5H3,(H,21,22). The Hall–Kier alpha value is -2.49. The van der Waals surface area contributed by atoms with E-state index in [4.69, 9.17) is 9.47 Å². The summed E-state index contributed by atoms with van der Waals surface area (Å²) in [7, 11) is 3.28. The van der Waals surface area contributed by atoms with Gasteiger partial charge in [0.25, 0.3) is 5.91 Å². The minimum Gasteiger partial charge on any atom is -0.496 e. The van der Waals surface area contributed by atoms with E-state index in [2.05, 4.69) is 19.2 Å². The molecule has 24 heavy (non-hydrogen) atoms. The van der Waals surface area contributed by atoms with Crippen molar-refractivity contribution < 1.29 is 14.3 Å². The van der Waals surface area contributed by atoms with Crippen LogP contribution in [-0.4, -0.2) is 20.1 Å². The van der Waals surface area contributed by atoms with Gasteiger partial charge in [0.15, 0.2) is 0 Å². The number of ether oxygens (including phenoxy) is 2. The van der Waals surface area contributed by atoms with Gasteiger partial charge in [0.1, 0.15) is 11.5 Å². The molecule has 0 fully saturated rings. The molecule has 0 aromatic heterocycles. The van der Waals surface area contributed by atoms with Crippen LogP contribution in [0, 0.1) is 6.92 Å². The fourth-order valence-electron chi connectivity index (χ4n) is 2.69. The summed E-state index contributed by atoms with van der Waals surface area (Å²) < 4.78 is 10.8. The second-order valence-electron chi connectivity index (χ2n) is 6.06. The number of hydrogen-bond donors (Lipinski definition) is 1. The van der Waals surface area contributed by atoms with E-state index < -0.39 is 0 Å². The second kappa shape index (κ2) is 7.86. The molecule has 0 saturated carbocycles. The third kappa shape index (κ3) is 3.88. The van der Waals surface area contributed by atoms with Crippen molar-refractivity contribution in [2.75, 3.05) is 14.2 Å². The molecule has 0 aliphatic heterocycles. The van der Waals surface area contributed by atoms with Crippen molar-refractivity contribution >= 4 is 5.91 Å². The molecule has 0 aliphatic rings. The molecule has 128 valence electrons. The molecule has 0 heterocycles. The number of hydrogen-bond acceptors (Lipinski definition) is 3. The quantitative estimate of drug-likeness (QED) is 0.870. The van der Waals surface area contributed by atoms with E-state index in [9.17, 15) is 4.79 Å². The van der Waals surface area contributed by atoms with E-state index >= 15 is 0 Å². The van der Waals surface area contributed by atoms with Gasteiger partial charge in [-0.05, 0) is 42.2 Å². The third-order valence-electron chi connectivity index (χ3n) is 4.08. The van der Waals surface area contributed by atoms with E-state index in [0.29, 0.717) is 12.1 Å². The van der Waals surface area contributed by atoms with Crippen LogP contribution in [0.2, 0.25) is 0 Å². The van der Waals surface area contributed by atoms with Crippen LogP contribution in [0.15, 0.2) is 36.4 Å². The van der Waals surface area contributed by atoms with Gasteiger partial charge in [-0.1, -0.05) is 32.0 Å². The summed E-state index contributed by atoms with van der Waals surface area (Å²) >= 11 is 0. The summed E-state index contributed by atoms with van der Waals surface area (Å²) in [6.07, 6.45) is 0. The Balaban J connectivity index is 2.22. The normalized spacial score (nSPS) is 10.6. The first-order valence-corrected chi connectivity index (χ1v) is 8.06. The molecule has 0 spiro atoms. The number of carbonyl (C=O) groups excluding carboxylic acids is 1. The fourth-order valence-corrected chi connectivity index (χ4v) is 2.69. The number of benzene rings is 2. The highest BCUT2D eigenvalue weighted by Crippen LogP contribution is 2.29. The average Bonchev–Trinajstić information content (AvgIpc) is 2.59. The van der Waals surface area contributed by atoms with Crippen molar-refractivity contribution in [3.05, 3.63) is 58.7 Å². The van der Waals surface area contributed by atoms with Gasteiger partial charge in [-0.3, -0.25) is 4.79 Å². The second-order valence-corrected chi connectivity index (χ2v) is 6.06. The van der Waals surface area contributed by atoms with Crippen LogP contribution in [0.1, 0.15) is 46.8 Å². The lowest BCUT2D eigenvalue weighted by Gasteiger charge is -2.16. The fraction of sp³-hybridized carbons (Fsp3) is 0.350. The first kappa shape index (κ1) is 17.9. The third-order valence-corrected chi connectivity index (χ3v) is 4.08.